The molecule has 0 aliphatic carbocycles. The maximum Gasteiger partial charge on any atom is 0.128 e. The van der Waals surface area contributed by atoms with E-state index in [2.05, 4.69) is 34.7 Å². The summed E-state index contributed by atoms with van der Waals surface area (Å²) in [4.78, 5) is 0. The van der Waals surface area contributed by atoms with Crippen molar-refractivity contribution in [3.05, 3.63) is 0 Å². The van der Waals surface area contributed by atoms with Crippen molar-refractivity contribution in [3.8, 4) is 0 Å². The first-order chi connectivity index (χ1) is 7.62. The van der Waals surface area contributed by atoms with Gasteiger partial charge in [-0.3, -0.25) is 10.6 Å². The molecular weight excluding hydrogens is 200 g/mol. The fraction of sp³-hybridized carbons (Fsp3) is 1.00. The van der Waals surface area contributed by atoms with Crippen LogP contribution in [-0.4, -0.2) is 24.4 Å². The lowest BCUT2D eigenvalue weighted by Gasteiger charge is -2.34. The Bertz CT molecular complexity index is 224. The summed E-state index contributed by atoms with van der Waals surface area (Å²) < 4.78 is 0. The van der Waals surface area contributed by atoms with Crippen LogP contribution in [0.4, 0.5) is 0 Å². The normalized spacial score (nSPS) is 41.4. The van der Waals surface area contributed by atoms with E-state index < -0.39 is 0 Å². The lowest BCUT2D eigenvalue weighted by Crippen LogP contribution is -2.47. The van der Waals surface area contributed by atoms with Crippen molar-refractivity contribution in [2.45, 2.75) is 63.7 Å². The number of hydrogen-bond acceptors (Lipinski definition) is 4. The molecule has 2 aliphatic rings. The molecule has 2 N–H and O–H groups in total. The Labute approximate surface area is 98.3 Å². The van der Waals surface area contributed by atoms with Gasteiger partial charge >= 0.3 is 0 Å². The second kappa shape index (κ2) is 4.80. The number of hydrogen-bond donors (Lipinski definition) is 2. The Kier molecular flexibility index (Phi) is 3.60. The molecule has 2 rings (SSSR count). The van der Waals surface area contributed by atoms with Gasteiger partial charge in [-0.1, -0.05) is 0 Å². The van der Waals surface area contributed by atoms with E-state index in [9.17, 15) is 0 Å². The molecule has 2 aliphatic heterocycles. The number of nitrogens with one attached hydrogen (secondary N) is 2. The Morgan fingerprint density at radius 2 is 1.19 bits per heavy atom. The highest BCUT2D eigenvalue weighted by atomic mass is 15.3. The van der Waals surface area contributed by atoms with Crippen molar-refractivity contribution >= 4 is 0 Å². The molecule has 4 heteroatoms. The Hall–Kier alpha value is -0.480. The molecule has 0 saturated carbocycles. The molecule has 0 radical (unpaired) electrons. The number of azo groups is 1. The van der Waals surface area contributed by atoms with Crippen LogP contribution in [0.5, 0.6) is 0 Å². The van der Waals surface area contributed by atoms with E-state index in [0.717, 1.165) is 25.9 Å². The highest BCUT2D eigenvalue weighted by Gasteiger charge is 2.30. The Morgan fingerprint density at radius 1 is 0.750 bits per heavy atom. The fourth-order valence-corrected chi connectivity index (χ4v) is 2.47. The van der Waals surface area contributed by atoms with Gasteiger partial charge < -0.3 is 0 Å². The third kappa shape index (κ3) is 3.01. The molecule has 16 heavy (non-hydrogen) atoms. The second-order valence-electron chi connectivity index (χ2n) is 5.52. The zero-order chi connectivity index (χ0) is 11.5. The average molecular weight is 224 g/mol. The van der Waals surface area contributed by atoms with E-state index in [-0.39, 0.29) is 11.3 Å². The molecule has 2 unspecified atom stereocenters. The fourth-order valence-electron chi connectivity index (χ4n) is 2.47. The van der Waals surface area contributed by atoms with Crippen LogP contribution in [-0.2, 0) is 0 Å². The van der Waals surface area contributed by atoms with Gasteiger partial charge in [-0.2, -0.15) is 10.2 Å². The van der Waals surface area contributed by atoms with E-state index in [0.29, 0.717) is 0 Å². The van der Waals surface area contributed by atoms with Crippen molar-refractivity contribution in [1.29, 1.82) is 0 Å². The lowest BCUT2D eigenvalue weighted by atomic mass is 10.00. The summed E-state index contributed by atoms with van der Waals surface area (Å²) >= 11 is 0. The SMILES string of the molecule is CC1(N=NC2(C)CCCCN2)CCCCN1. The average Bonchev–Trinajstić information content (AvgIpc) is 2.29. The predicted octanol–water partition coefficient (Wildman–Crippen LogP) is 2.42. The molecule has 0 aromatic rings. The summed E-state index contributed by atoms with van der Waals surface area (Å²) in [6.45, 7) is 6.45. The molecule has 0 aromatic heterocycles. The molecule has 2 fully saturated rings. The van der Waals surface area contributed by atoms with Crippen molar-refractivity contribution in [3.63, 3.8) is 0 Å². The van der Waals surface area contributed by atoms with Gasteiger partial charge in [-0.25, -0.2) is 0 Å². The molecule has 0 spiro atoms. The van der Waals surface area contributed by atoms with E-state index in [1.165, 1.54) is 25.7 Å². The molecule has 2 heterocycles. The zero-order valence-corrected chi connectivity index (χ0v) is 10.6. The summed E-state index contributed by atoms with van der Waals surface area (Å²) in [7, 11) is 0. The number of piperidine rings is 2. The van der Waals surface area contributed by atoms with E-state index >= 15 is 0 Å². The van der Waals surface area contributed by atoms with E-state index in [1.54, 1.807) is 0 Å². The van der Waals surface area contributed by atoms with Crippen LogP contribution in [0.3, 0.4) is 0 Å². The molecule has 0 aromatic carbocycles. The highest BCUT2D eigenvalue weighted by Crippen LogP contribution is 2.25. The topological polar surface area (TPSA) is 48.8 Å². The molecule has 0 bridgehead atoms. The number of rotatable bonds is 2. The van der Waals surface area contributed by atoms with Crippen LogP contribution in [0.2, 0.25) is 0 Å². The summed E-state index contributed by atoms with van der Waals surface area (Å²) in [5.74, 6) is 0. The van der Waals surface area contributed by atoms with Crippen LogP contribution in [0.1, 0.15) is 52.4 Å². The summed E-state index contributed by atoms with van der Waals surface area (Å²) in [6.07, 6.45) is 7.25. The van der Waals surface area contributed by atoms with Crippen molar-refractivity contribution < 1.29 is 0 Å². The Morgan fingerprint density at radius 3 is 1.50 bits per heavy atom. The number of nitrogens with zero attached hydrogens (tertiary/aromatic N) is 2. The summed E-state index contributed by atoms with van der Waals surface area (Å²) in [5, 5.41) is 16.1. The third-order valence-electron chi connectivity index (χ3n) is 3.68. The van der Waals surface area contributed by atoms with Gasteiger partial charge in [0.1, 0.15) is 11.3 Å². The Balaban J connectivity index is 1.95. The monoisotopic (exact) mass is 224 g/mol. The quantitative estimate of drug-likeness (QED) is 0.708. The minimum absolute atomic E-state index is 0.125. The zero-order valence-electron chi connectivity index (χ0n) is 10.6. The summed E-state index contributed by atoms with van der Waals surface area (Å²) in [6, 6.07) is 0. The first kappa shape index (κ1) is 12.0. The molecule has 4 nitrogen and oxygen atoms in total. The predicted molar refractivity (Wildman–Crippen MR) is 65.4 cm³/mol. The van der Waals surface area contributed by atoms with Gasteiger partial charge in [0.2, 0.25) is 0 Å². The van der Waals surface area contributed by atoms with Crippen molar-refractivity contribution in [2.24, 2.45) is 10.2 Å². The highest BCUT2D eigenvalue weighted by molar-refractivity contribution is 4.87. The molecule has 2 saturated heterocycles. The first-order valence-corrected chi connectivity index (χ1v) is 6.56. The van der Waals surface area contributed by atoms with Gasteiger partial charge in [-0.05, 0) is 65.5 Å². The lowest BCUT2D eigenvalue weighted by molar-refractivity contribution is 0.231. The van der Waals surface area contributed by atoms with Crippen molar-refractivity contribution in [2.75, 3.05) is 13.1 Å². The van der Waals surface area contributed by atoms with Gasteiger partial charge in [0.05, 0.1) is 0 Å². The molecule has 0 amide bonds. The van der Waals surface area contributed by atoms with Crippen LogP contribution in [0.25, 0.3) is 0 Å². The third-order valence-corrected chi connectivity index (χ3v) is 3.68. The van der Waals surface area contributed by atoms with Crippen LogP contribution in [0, 0.1) is 0 Å². The first-order valence-electron chi connectivity index (χ1n) is 6.56. The maximum absolute atomic E-state index is 4.56. The summed E-state index contributed by atoms with van der Waals surface area (Å²) in [5.41, 5.74) is -0.249. The van der Waals surface area contributed by atoms with Crippen LogP contribution in [0.15, 0.2) is 10.2 Å². The van der Waals surface area contributed by atoms with Crippen LogP contribution < -0.4 is 10.6 Å². The van der Waals surface area contributed by atoms with Gasteiger partial charge in [0, 0.05) is 0 Å². The van der Waals surface area contributed by atoms with Gasteiger partial charge in [0.15, 0.2) is 0 Å². The molecular formula is C12H24N4. The second-order valence-corrected chi connectivity index (χ2v) is 5.52. The minimum Gasteiger partial charge on any atom is -0.292 e. The molecule has 2 atom stereocenters. The van der Waals surface area contributed by atoms with E-state index in [1.807, 2.05) is 0 Å². The minimum atomic E-state index is -0.125. The standard InChI is InChI=1S/C12H24N4/c1-11(7-3-5-9-13-11)15-16-12(2)8-4-6-10-14-12/h13-14H,3-10H2,1-2H3. The van der Waals surface area contributed by atoms with Crippen LogP contribution >= 0.6 is 0 Å². The van der Waals surface area contributed by atoms with Crippen molar-refractivity contribution in [1.82, 2.24) is 10.6 Å². The largest absolute Gasteiger partial charge is 0.292 e. The van der Waals surface area contributed by atoms with E-state index in [4.69, 9.17) is 0 Å². The molecule has 92 valence electrons. The van der Waals surface area contributed by atoms with Gasteiger partial charge in [0.25, 0.3) is 0 Å². The van der Waals surface area contributed by atoms with Gasteiger partial charge in [-0.15, -0.1) is 0 Å². The maximum atomic E-state index is 4.56. The smallest absolute Gasteiger partial charge is 0.128 e.